The summed E-state index contributed by atoms with van der Waals surface area (Å²) in [4.78, 5) is 2.75. The van der Waals surface area contributed by atoms with Gasteiger partial charge in [-0.25, -0.2) is 0 Å². The zero-order valence-electron chi connectivity index (χ0n) is 11.0. The second kappa shape index (κ2) is 6.76. The Morgan fingerprint density at radius 2 is 2.00 bits per heavy atom. The first-order chi connectivity index (χ1) is 9.15. The molecule has 0 saturated heterocycles. The fourth-order valence-corrected chi connectivity index (χ4v) is 3.50. The number of thiophene rings is 1. The Kier molecular flexibility index (Phi) is 5.28. The summed E-state index contributed by atoms with van der Waals surface area (Å²) in [5.74, 6) is 0. The zero-order chi connectivity index (χ0) is 13.8. The van der Waals surface area contributed by atoms with Crippen LogP contribution in [0.1, 0.15) is 28.3 Å². The van der Waals surface area contributed by atoms with Crippen molar-refractivity contribution < 1.29 is 0 Å². The fraction of sp³-hybridized carbons (Fsp3) is 0.333. The zero-order valence-corrected chi connectivity index (χ0v) is 13.4. The van der Waals surface area contributed by atoms with Gasteiger partial charge in [-0.05, 0) is 43.7 Å². The molecule has 0 saturated carbocycles. The smallest absolute Gasteiger partial charge is 0.0624 e. The standard InChI is InChI=1S/C15H17Cl2NS/c1-3-11-7-8-14(19-11)13(18-2)9-10-5-4-6-12(16)15(10)17/h4-8,13,18H,3,9H2,1-2H3. The molecular weight excluding hydrogens is 297 g/mol. The van der Waals surface area contributed by atoms with Gasteiger partial charge in [0, 0.05) is 15.8 Å². The summed E-state index contributed by atoms with van der Waals surface area (Å²) in [6.07, 6.45) is 1.93. The summed E-state index contributed by atoms with van der Waals surface area (Å²) in [5, 5.41) is 4.64. The monoisotopic (exact) mass is 313 g/mol. The lowest BCUT2D eigenvalue weighted by Gasteiger charge is -2.16. The van der Waals surface area contributed by atoms with Crippen molar-refractivity contribution in [2.75, 3.05) is 7.05 Å². The Bertz CT molecular complexity index is 551. The lowest BCUT2D eigenvalue weighted by molar-refractivity contribution is 0.602. The molecule has 4 heteroatoms. The third-order valence-electron chi connectivity index (χ3n) is 3.18. The first kappa shape index (κ1) is 14.9. The van der Waals surface area contributed by atoms with Crippen molar-refractivity contribution in [1.29, 1.82) is 0 Å². The number of halogens is 2. The largest absolute Gasteiger partial charge is 0.312 e. The van der Waals surface area contributed by atoms with Crippen LogP contribution in [-0.2, 0) is 12.8 Å². The second-order valence-electron chi connectivity index (χ2n) is 4.42. The van der Waals surface area contributed by atoms with Crippen LogP contribution in [0.4, 0.5) is 0 Å². The summed E-state index contributed by atoms with van der Waals surface area (Å²) in [6, 6.07) is 10.5. The molecule has 2 rings (SSSR count). The van der Waals surface area contributed by atoms with E-state index in [-0.39, 0.29) is 6.04 Å². The van der Waals surface area contributed by atoms with E-state index in [9.17, 15) is 0 Å². The van der Waals surface area contributed by atoms with E-state index in [1.54, 1.807) is 0 Å². The van der Waals surface area contributed by atoms with Gasteiger partial charge in [-0.2, -0.15) is 0 Å². The quantitative estimate of drug-likeness (QED) is 0.807. The van der Waals surface area contributed by atoms with Crippen molar-refractivity contribution in [3.05, 3.63) is 55.7 Å². The Hall–Kier alpha value is -0.540. The molecule has 2 aromatic rings. The molecule has 0 aliphatic rings. The molecule has 1 N–H and O–H groups in total. The molecule has 19 heavy (non-hydrogen) atoms. The van der Waals surface area contributed by atoms with Gasteiger partial charge in [0.2, 0.25) is 0 Å². The number of rotatable bonds is 5. The topological polar surface area (TPSA) is 12.0 Å². The Morgan fingerprint density at radius 1 is 1.21 bits per heavy atom. The highest BCUT2D eigenvalue weighted by molar-refractivity contribution is 7.12. The van der Waals surface area contributed by atoms with Gasteiger partial charge in [-0.3, -0.25) is 0 Å². The number of hydrogen-bond donors (Lipinski definition) is 1. The van der Waals surface area contributed by atoms with E-state index in [0.717, 1.165) is 18.4 Å². The Morgan fingerprint density at radius 3 is 2.63 bits per heavy atom. The maximum Gasteiger partial charge on any atom is 0.0624 e. The predicted molar refractivity (Wildman–Crippen MR) is 85.7 cm³/mol. The van der Waals surface area contributed by atoms with Gasteiger partial charge in [0.05, 0.1) is 10.0 Å². The summed E-state index contributed by atoms with van der Waals surface area (Å²) < 4.78 is 0. The molecule has 1 heterocycles. The molecule has 1 unspecified atom stereocenters. The van der Waals surface area contributed by atoms with E-state index in [1.807, 2.05) is 36.6 Å². The van der Waals surface area contributed by atoms with Gasteiger partial charge < -0.3 is 5.32 Å². The molecule has 0 bridgehead atoms. The maximum absolute atomic E-state index is 6.26. The SMILES string of the molecule is CCc1ccc(C(Cc2cccc(Cl)c2Cl)NC)s1. The van der Waals surface area contributed by atoms with Crippen LogP contribution >= 0.6 is 34.5 Å². The summed E-state index contributed by atoms with van der Waals surface area (Å²) in [7, 11) is 1.98. The van der Waals surface area contributed by atoms with Crippen LogP contribution in [0.3, 0.4) is 0 Å². The van der Waals surface area contributed by atoms with Gasteiger partial charge in [0.25, 0.3) is 0 Å². The number of hydrogen-bond acceptors (Lipinski definition) is 2. The number of nitrogens with one attached hydrogen (secondary N) is 1. The molecular formula is C15H17Cl2NS. The van der Waals surface area contributed by atoms with Crippen molar-refractivity contribution in [2.45, 2.75) is 25.8 Å². The molecule has 0 aliphatic carbocycles. The van der Waals surface area contributed by atoms with Crippen LogP contribution in [0.5, 0.6) is 0 Å². The average molecular weight is 314 g/mol. The highest BCUT2D eigenvalue weighted by atomic mass is 35.5. The van der Waals surface area contributed by atoms with Crippen LogP contribution in [0.25, 0.3) is 0 Å². The molecule has 1 aromatic heterocycles. The molecule has 102 valence electrons. The molecule has 0 aliphatic heterocycles. The molecule has 0 fully saturated rings. The van der Waals surface area contributed by atoms with E-state index in [4.69, 9.17) is 23.2 Å². The Labute approximate surface area is 128 Å². The predicted octanol–water partition coefficient (Wildman–Crippen LogP) is 5.12. The fourth-order valence-electron chi connectivity index (χ4n) is 2.04. The van der Waals surface area contributed by atoms with E-state index < -0.39 is 0 Å². The number of likely N-dealkylation sites (N-methyl/N-ethyl adjacent to an activating group) is 1. The van der Waals surface area contributed by atoms with Crippen molar-refractivity contribution in [3.8, 4) is 0 Å². The van der Waals surface area contributed by atoms with E-state index in [1.165, 1.54) is 9.75 Å². The number of aryl methyl sites for hydroxylation is 1. The third-order valence-corrected chi connectivity index (χ3v) is 5.38. The van der Waals surface area contributed by atoms with Gasteiger partial charge in [-0.1, -0.05) is 42.3 Å². The van der Waals surface area contributed by atoms with Crippen LogP contribution < -0.4 is 5.32 Å². The molecule has 0 amide bonds. The second-order valence-corrected chi connectivity index (χ2v) is 6.40. The van der Waals surface area contributed by atoms with E-state index in [2.05, 4.69) is 24.4 Å². The van der Waals surface area contributed by atoms with Crippen LogP contribution in [0.2, 0.25) is 10.0 Å². The van der Waals surface area contributed by atoms with E-state index in [0.29, 0.717) is 10.0 Å². The van der Waals surface area contributed by atoms with Crippen LogP contribution in [0, 0.1) is 0 Å². The van der Waals surface area contributed by atoms with Gasteiger partial charge in [-0.15, -0.1) is 11.3 Å². The highest BCUT2D eigenvalue weighted by Crippen LogP contribution is 2.31. The average Bonchev–Trinajstić information content (AvgIpc) is 2.89. The minimum Gasteiger partial charge on any atom is -0.312 e. The third kappa shape index (κ3) is 3.51. The van der Waals surface area contributed by atoms with Crippen molar-refractivity contribution in [2.24, 2.45) is 0 Å². The molecule has 1 nitrogen and oxygen atoms in total. The summed E-state index contributed by atoms with van der Waals surface area (Å²) >= 11 is 14.2. The van der Waals surface area contributed by atoms with Crippen LogP contribution in [-0.4, -0.2) is 7.05 Å². The van der Waals surface area contributed by atoms with Crippen molar-refractivity contribution >= 4 is 34.5 Å². The molecule has 0 spiro atoms. The molecule has 0 radical (unpaired) electrons. The minimum absolute atomic E-state index is 0.279. The Balaban J connectivity index is 2.21. The van der Waals surface area contributed by atoms with Crippen molar-refractivity contribution in [3.63, 3.8) is 0 Å². The van der Waals surface area contributed by atoms with E-state index >= 15 is 0 Å². The summed E-state index contributed by atoms with van der Waals surface area (Å²) in [6.45, 7) is 2.18. The molecule has 1 atom stereocenters. The van der Waals surface area contributed by atoms with Crippen LogP contribution in [0.15, 0.2) is 30.3 Å². The highest BCUT2D eigenvalue weighted by Gasteiger charge is 2.15. The van der Waals surface area contributed by atoms with Gasteiger partial charge in [0.1, 0.15) is 0 Å². The molecule has 1 aromatic carbocycles. The first-order valence-corrected chi connectivity index (χ1v) is 7.91. The van der Waals surface area contributed by atoms with Crippen molar-refractivity contribution in [1.82, 2.24) is 5.32 Å². The first-order valence-electron chi connectivity index (χ1n) is 6.34. The minimum atomic E-state index is 0.279. The summed E-state index contributed by atoms with van der Waals surface area (Å²) in [5.41, 5.74) is 1.08. The lowest BCUT2D eigenvalue weighted by atomic mass is 10.0. The normalized spacial score (nSPS) is 12.6. The maximum atomic E-state index is 6.26. The van der Waals surface area contributed by atoms with Gasteiger partial charge >= 0.3 is 0 Å². The number of benzene rings is 1. The van der Waals surface area contributed by atoms with Gasteiger partial charge in [0.15, 0.2) is 0 Å². The lowest BCUT2D eigenvalue weighted by Crippen LogP contribution is -2.17.